The van der Waals surface area contributed by atoms with E-state index in [0.29, 0.717) is 17.0 Å². The van der Waals surface area contributed by atoms with Crippen LogP contribution in [-0.4, -0.2) is 74.8 Å². The number of amides is 2. The number of carbonyl (C=O) groups is 1. The van der Waals surface area contributed by atoms with Crippen LogP contribution in [0.1, 0.15) is 39.2 Å². The number of unbranched alkanes of at least 4 members (excludes halogenated alkanes) is 1. The number of hydrogen-bond donors (Lipinski definition) is 2. The first kappa shape index (κ1) is 29.3. The Hall–Kier alpha value is -3.26. The van der Waals surface area contributed by atoms with E-state index in [4.69, 9.17) is 9.47 Å². The molecule has 2 amide bonds. The normalized spacial score (nSPS) is 19.4. The molecule has 1 aliphatic rings. The third-order valence-corrected chi connectivity index (χ3v) is 8.44. The van der Waals surface area contributed by atoms with Crippen LogP contribution in [0.15, 0.2) is 47.4 Å². The van der Waals surface area contributed by atoms with Gasteiger partial charge in [0.25, 0.3) is 0 Å². The van der Waals surface area contributed by atoms with Crippen LogP contribution in [0.5, 0.6) is 11.5 Å². The molecule has 0 unspecified atom stereocenters. The van der Waals surface area contributed by atoms with Crippen molar-refractivity contribution in [1.29, 1.82) is 0 Å². The first-order valence-corrected chi connectivity index (χ1v) is 14.1. The second-order valence-electron chi connectivity index (χ2n) is 9.49. The van der Waals surface area contributed by atoms with Crippen molar-refractivity contribution >= 4 is 21.7 Å². The Kier molecular flexibility index (Phi) is 10.0. The summed E-state index contributed by atoms with van der Waals surface area (Å²) < 4.78 is 40.0. The molecule has 9 nitrogen and oxygen atoms in total. The second kappa shape index (κ2) is 13.0. The number of ether oxygens (including phenoxy) is 2. The average molecular weight is 544 g/mol. The molecular weight excluding hydrogens is 506 g/mol. The van der Waals surface area contributed by atoms with Gasteiger partial charge in [-0.1, -0.05) is 25.7 Å². The number of fused-ring (bicyclic) bond motifs is 1. The van der Waals surface area contributed by atoms with E-state index in [1.54, 1.807) is 57.5 Å². The molecule has 1 aliphatic heterocycles. The minimum Gasteiger partial charge on any atom is -0.497 e. The highest BCUT2D eigenvalue weighted by atomic mass is 32.2. The van der Waals surface area contributed by atoms with Crippen LogP contribution in [0.25, 0.3) is 0 Å². The van der Waals surface area contributed by atoms with Crippen molar-refractivity contribution in [3.05, 3.63) is 48.0 Å². The van der Waals surface area contributed by atoms with Gasteiger partial charge in [-0.15, -0.1) is 0 Å². The number of aliphatic hydroxyl groups excluding tert-OH is 1. The molecule has 2 aromatic carbocycles. The topological polar surface area (TPSA) is 108 Å². The Morgan fingerprint density at radius 3 is 2.63 bits per heavy atom. The summed E-state index contributed by atoms with van der Waals surface area (Å²) in [5, 5.41) is 12.7. The van der Waals surface area contributed by atoms with E-state index in [0.717, 1.165) is 12.8 Å². The molecule has 0 saturated carbocycles. The molecule has 0 spiro atoms. The Labute approximate surface area is 225 Å². The van der Waals surface area contributed by atoms with Crippen molar-refractivity contribution in [2.45, 2.75) is 50.7 Å². The number of nitrogens with zero attached hydrogens (tertiary/aromatic N) is 2. The van der Waals surface area contributed by atoms with Crippen molar-refractivity contribution in [3.63, 3.8) is 0 Å². The van der Waals surface area contributed by atoms with Gasteiger partial charge in [-0.3, -0.25) is 0 Å². The number of urea groups is 1. The van der Waals surface area contributed by atoms with Gasteiger partial charge >= 0.3 is 6.03 Å². The zero-order valence-corrected chi connectivity index (χ0v) is 23.4. The molecule has 3 rings (SSSR count). The van der Waals surface area contributed by atoms with E-state index in [-0.39, 0.29) is 42.3 Å². The lowest BCUT2D eigenvalue weighted by molar-refractivity contribution is 0.0830. The molecule has 1 heterocycles. The summed E-state index contributed by atoms with van der Waals surface area (Å²) in [4.78, 5) is 14.5. The number of sulfonamides is 1. The van der Waals surface area contributed by atoms with E-state index in [2.05, 4.69) is 17.2 Å². The molecule has 0 fully saturated rings. The Morgan fingerprint density at radius 1 is 1.29 bits per heavy atom. The summed E-state index contributed by atoms with van der Waals surface area (Å²) in [5.41, 5.74) is 1.26. The van der Waals surface area contributed by atoms with Gasteiger partial charge in [-0.2, -0.15) is 4.31 Å². The monoisotopic (exact) mass is 543 g/mol. The van der Waals surface area contributed by atoms with E-state index in [9.17, 15) is 18.3 Å². The lowest BCUT2D eigenvalue weighted by Gasteiger charge is -2.37. The van der Waals surface area contributed by atoms with Crippen LogP contribution in [0.2, 0.25) is 0 Å². The van der Waals surface area contributed by atoms with Gasteiger partial charge in [0.2, 0.25) is 10.0 Å². The second-order valence-corrected chi connectivity index (χ2v) is 11.4. The molecule has 0 aliphatic carbocycles. The Bertz CT molecular complexity index is 1270. The highest BCUT2D eigenvalue weighted by molar-refractivity contribution is 7.89. The standard InChI is InChI=1S/C28H37N3O6S/c1-6-7-8-9-22-10-15-27-25(16-22)37-26(20(2)17-31(21(3)19-32)38(27,34)35)18-30(4)28(33)29-23-11-13-24(36-5)14-12-23/h10-16,20-21,26,32H,6-7,17-19H2,1-5H3,(H,29,33)/t20-,21+,26+/m1/s1. The predicted octanol–water partition coefficient (Wildman–Crippen LogP) is 3.78. The summed E-state index contributed by atoms with van der Waals surface area (Å²) in [6.45, 7) is 5.59. The van der Waals surface area contributed by atoms with Crippen LogP contribution in [0.3, 0.4) is 0 Å². The number of nitrogens with one attached hydrogen (secondary N) is 1. The third-order valence-electron chi connectivity index (χ3n) is 6.42. The maximum atomic E-state index is 13.6. The van der Waals surface area contributed by atoms with E-state index in [1.165, 1.54) is 15.3 Å². The zero-order chi connectivity index (χ0) is 27.9. The van der Waals surface area contributed by atoms with E-state index < -0.39 is 22.2 Å². The third kappa shape index (κ3) is 6.98. The Morgan fingerprint density at radius 2 is 2.00 bits per heavy atom. The summed E-state index contributed by atoms with van der Waals surface area (Å²) in [6.07, 6.45) is 1.12. The van der Waals surface area contributed by atoms with Gasteiger partial charge in [-0.05, 0) is 55.8 Å². The van der Waals surface area contributed by atoms with Gasteiger partial charge in [-0.25, -0.2) is 13.2 Å². The fourth-order valence-electron chi connectivity index (χ4n) is 4.06. The van der Waals surface area contributed by atoms with Crippen molar-refractivity contribution in [3.8, 4) is 23.3 Å². The lowest BCUT2D eigenvalue weighted by atomic mass is 10.0. The van der Waals surface area contributed by atoms with Gasteiger partial charge in [0.05, 0.1) is 20.3 Å². The van der Waals surface area contributed by atoms with Gasteiger partial charge < -0.3 is 24.8 Å². The fraction of sp³-hybridized carbons (Fsp3) is 0.464. The number of anilines is 1. The molecular formula is C28H37N3O6S. The molecule has 0 saturated heterocycles. The molecule has 3 atom stereocenters. The largest absolute Gasteiger partial charge is 0.497 e. The number of rotatable bonds is 7. The van der Waals surface area contributed by atoms with Crippen molar-refractivity contribution in [2.24, 2.45) is 5.92 Å². The van der Waals surface area contributed by atoms with Crippen LogP contribution in [-0.2, 0) is 10.0 Å². The minimum atomic E-state index is -3.95. The molecule has 0 bridgehead atoms. The molecule has 206 valence electrons. The number of hydrogen-bond acceptors (Lipinski definition) is 6. The van der Waals surface area contributed by atoms with Gasteiger partial charge in [0, 0.05) is 43.2 Å². The first-order valence-electron chi connectivity index (χ1n) is 12.7. The number of benzene rings is 2. The minimum absolute atomic E-state index is 0.0149. The zero-order valence-electron chi connectivity index (χ0n) is 22.6. The summed E-state index contributed by atoms with van der Waals surface area (Å²) in [6, 6.07) is 10.8. The van der Waals surface area contributed by atoms with Crippen LogP contribution >= 0.6 is 0 Å². The van der Waals surface area contributed by atoms with Crippen molar-refractivity contribution in [2.75, 3.05) is 39.2 Å². The highest BCUT2D eigenvalue weighted by Crippen LogP contribution is 2.34. The van der Waals surface area contributed by atoms with Crippen molar-refractivity contribution in [1.82, 2.24) is 9.21 Å². The molecule has 10 heteroatoms. The van der Waals surface area contributed by atoms with Crippen LogP contribution in [0.4, 0.5) is 10.5 Å². The predicted molar refractivity (Wildman–Crippen MR) is 147 cm³/mol. The fourth-order valence-corrected chi connectivity index (χ4v) is 5.88. The highest BCUT2D eigenvalue weighted by Gasteiger charge is 2.38. The molecule has 2 aromatic rings. The number of likely N-dealkylation sites (N-methyl/N-ethyl adjacent to an activating group) is 1. The smallest absolute Gasteiger partial charge is 0.321 e. The Balaban J connectivity index is 1.91. The quantitative estimate of drug-likeness (QED) is 0.515. The van der Waals surface area contributed by atoms with Gasteiger partial charge in [0.1, 0.15) is 22.5 Å². The number of methoxy groups -OCH3 is 1. The maximum Gasteiger partial charge on any atom is 0.321 e. The first-order chi connectivity index (χ1) is 18.1. The van der Waals surface area contributed by atoms with E-state index in [1.807, 2.05) is 13.8 Å². The van der Waals surface area contributed by atoms with E-state index >= 15 is 0 Å². The summed E-state index contributed by atoms with van der Waals surface area (Å²) in [7, 11) is -0.714. The maximum absolute atomic E-state index is 13.6. The molecule has 2 N–H and O–H groups in total. The van der Waals surface area contributed by atoms with Crippen LogP contribution < -0.4 is 14.8 Å². The average Bonchev–Trinajstić information content (AvgIpc) is 2.90. The summed E-state index contributed by atoms with van der Waals surface area (Å²) in [5.74, 6) is 6.71. The lowest BCUT2D eigenvalue weighted by Crippen LogP contribution is -2.50. The molecule has 0 aromatic heterocycles. The molecule has 0 radical (unpaired) electrons. The number of carbonyl (C=O) groups excluding carboxylic acids is 1. The van der Waals surface area contributed by atoms with Crippen LogP contribution in [0, 0.1) is 17.8 Å². The SMILES string of the molecule is CCCC#Cc1ccc2c(c1)O[C@@H](CN(C)C(=O)Nc1ccc(OC)cc1)[C@H](C)CN([C@@H](C)CO)S2(=O)=O. The molecule has 38 heavy (non-hydrogen) atoms. The number of aliphatic hydroxyl groups is 1. The summed E-state index contributed by atoms with van der Waals surface area (Å²) >= 11 is 0. The van der Waals surface area contributed by atoms with Gasteiger partial charge in [0.15, 0.2) is 0 Å². The van der Waals surface area contributed by atoms with Crippen molar-refractivity contribution < 1.29 is 27.8 Å².